The number of methoxy groups -OCH3 is 1. The Hall–Kier alpha value is -2.75. The second-order valence-corrected chi connectivity index (χ2v) is 6.77. The number of carbonyl (C=O) groups is 3. The summed E-state index contributed by atoms with van der Waals surface area (Å²) in [5, 5.41) is 6.25. The van der Waals surface area contributed by atoms with Crippen LogP contribution in [-0.4, -0.2) is 53.5 Å². The van der Waals surface area contributed by atoms with Crippen LogP contribution in [0.4, 0.5) is 5.82 Å². The number of hydrogen-bond acceptors (Lipinski definition) is 8. The first-order valence-corrected chi connectivity index (χ1v) is 9.18. The van der Waals surface area contributed by atoms with Crippen LogP contribution >= 0.6 is 11.8 Å². The number of thioether (sulfide) groups is 1. The van der Waals surface area contributed by atoms with Crippen LogP contribution in [0.5, 0.6) is 0 Å². The van der Waals surface area contributed by atoms with Gasteiger partial charge in [-0.15, -0.1) is 11.8 Å². The van der Waals surface area contributed by atoms with Crippen LogP contribution in [-0.2, 0) is 20.9 Å². The van der Waals surface area contributed by atoms with Gasteiger partial charge in [0.15, 0.2) is 5.82 Å². The summed E-state index contributed by atoms with van der Waals surface area (Å²) in [7, 11) is 2.91. The Labute approximate surface area is 160 Å². The van der Waals surface area contributed by atoms with Crippen molar-refractivity contribution in [2.24, 2.45) is 0 Å². The van der Waals surface area contributed by atoms with Crippen molar-refractivity contribution in [2.45, 2.75) is 20.4 Å². The monoisotopic (exact) mass is 395 g/mol. The number of esters is 1. The van der Waals surface area contributed by atoms with Crippen molar-refractivity contribution in [1.29, 1.82) is 0 Å². The van der Waals surface area contributed by atoms with Crippen molar-refractivity contribution in [3.05, 3.63) is 35.0 Å². The molecule has 9 nitrogen and oxygen atoms in total. The number of rotatable bonds is 8. The molecule has 0 bridgehead atoms. The van der Waals surface area contributed by atoms with Crippen LogP contribution in [0.1, 0.15) is 27.6 Å². The zero-order chi connectivity index (χ0) is 20.0. The lowest BCUT2D eigenvalue weighted by atomic mass is 10.2. The summed E-state index contributed by atoms with van der Waals surface area (Å²) in [6.45, 7) is 3.59. The maximum absolute atomic E-state index is 12.2. The van der Waals surface area contributed by atoms with E-state index in [0.717, 1.165) is 0 Å². The van der Waals surface area contributed by atoms with Crippen molar-refractivity contribution in [3.63, 3.8) is 0 Å². The minimum Gasteiger partial charge on any atom is -0.465 e. The fraction of sp³-hybridized carbons (Fsp3) is 0.412. The van der Waals surface area contributed by atoms with Crippen molar-refractivity contribution in [2.75, 3.05) is 31.0 Å². The average molecular weight is 395 g/mol. The summed E-state index contributed by atoms with van der Waals surface area (Å²) in [6.07, 6.45) is 0. The molecule has 2 rings (SSSR count). The Morgan fingerprint density at radius 2 is 2.00 bits per heavy atom. The van der Waals surface area contributed by atoms with Gasteiger partial charge in [-0.3, -0.25) is 9.59 Å². The van der Waals surface area contributed by atoms with E-state index >= 15 is 0 Å². The maximum atomic E-state index is 12.2. The van der Waals surface area contributed by atoms with Crippen LogP contribution < -0.4 is 5.32 Å². The van der Waals surface area contributed by atoms with Gasteiger partial charge in [-0.1, -0.05) is 5.16 Å². The van der Waals surface area contributed by atoms with Gasteiger partial charge in [0.2, 0.25) is 11.8 Å². The normalized spacial score (nSPS) is 10.5. The molecule has 27 heavy (non-hydrogen) atoms. The van der Waals surface area contributed by atoms with Crippen LogP contribution in [0.25, 0.3) is 0 Å². The summed E-state index contributed by atoms with van der Waals surface area (Å²) < 4.78 is 15.0. The molecule has 146 valence electrons. The third-order valence-electron chi connectivity index (χ3n) is 3.55. The highest BCUT2D eigenvalue weighted by atomic mass is 32.2. The molecule has 10 heteroatoms. The van der Waals surface area contributed by atoms with E-state index < -0.39 is 5.97 Å². The van der Waals surface area contributed by atoms with E-state index in [2.05, 4.69) is 15.2 Å². The van der Waals surface area contributed by atoms with Crippen LogP contribution in [0.15, 0.2) is 21.1 Å². The number of hydrogen-bond donors (Lipinski definition) is 1. The highest BCUT2D eigenvalue weighted by Crippen LogP contribution is 2.17. The fourth-order valence-electron chi connectivity index (χ4n) is 2.20. The van der Waals surface area contributed by atoms with E-state index in [1.54, 1.807) is 33.0 Å². The minimum absolute atomic E-state index is 0.109. The van der Waals surface area contributed by atoms with Crippen molar-refractivity contribution < 1.29 is 28.1 Å². The van der Waals surface area contributed by atoms with Gasteiger partial charge in [-0.25, -0.2) is 4.79 Å². The molecule has 0 atom stereocenters. The number of nitrogens with one attached hydrogen (secondary N) is 1. The van der Waals surface area contributed by atoms with Crippen LogP contribution in [0.2, 0.25) is 0 Å². The molecule has 2 aromatic heterocycles. The third-order valence-corrected chi connectivity index (χ3v) is 4.46. The van der Waals surface area contributed by atoms with E-state index in [-0.39, 0.29) is 29.9 Å². The molecule has 0 spiro atoms. The topological polar surface area (TPSA) is 115 Å². The molecule has 0 aromatic carbocycles. The molecular weight excluding hydrogens is 374 g/mol. The highest BCUT2D eigenvalue weighted by Gasteiger charge is 2.18. The second-order valence-electron chi connectivity index (χ2n) is 5.79. The summed E-state index contributed by atoms with van der Waals surface area (Å²) in [5.41, 5.74) is 0.336. The largest absolute Gasteiger partial charge is 0.465 e. The Morgan fingerprint density at radius 3 is 2.63 bits per heavy atom. The first-order valence-electron chi connectivity index (χ1n) is 8.02. The number of nitrogens with zero attached hydrogens (tertiary/aromatic N) is 2. The zero-order valence-corrected chi connectivity index (χ0v) is 16.3. The minimum atomic E-state index is -0.486. The lowest BCUT2D eigenvalue weighted by Crippen LogP contribution is -2.28. The number of furan rings is 1. The molecule has 0 fully saturated rings. The standard InChI is InChI=1S/C17H21N3O6S/c1-10-5-14(19-26-10)18-15(21)8-27-9-16(22)20(3)7-12-6-13(11(2)25-12)17(23)24-4/h5-6H,7-9H2,1-4H3,(H,18,19,21). The second kappa shape index (κ2) is 9.26. The maximum Gasteiger partial charge on any atom is 0.341 e. The molecule has 0 aliphatic heterocycles. The average Bonchev–Trinajstić information content (AvgIpc) is 3.19. The number of carbonyl (C=O) groups excluding carboxylic acids is 3. The molecule has 0 aliphatic rings. The third kappa shape index (κ3) is 5.88. The van der Waals surface area contributed by atoms with Crippen LogP contribution in [0.3, 0.4) is 0 Å². The van der Waals surface area contributed by atoms with Gasteiger partial charge in [-0.05, 0) is 19.9 Å². The Kier molecular flexibility index (Phi) is 7.05. The summed E-state index contributed by atoms with van der Waals surface area (Å²) in [5.74, 6) is 1.17. The Morgan fingerprint density at radius 1 is 1.26 bits per heavy atom. The Balaban J connectivity index is 1.77. The van der Waals surface area contributed by atoms with Crippen molar-refractivity contribution in [3.8, 4) is 0 Å². The van der Waals surface area contributed by atoms with Gasteiger partial charge >= 0.3 is 5.97 Å². The summed E-state index contributed by atoms with van der Waals surface area (Å²) in [6, 6.07) is 3.17. The fourth-order valence-corrected chi connectivity index (χ4v) is 2.96. The molecule has 2 heterocycles. The number of ether oxygens (including phenoxy) is 1. The summed E-state index contributed by atoms with van der Waals surface area (Å²) in [4.78, 5) is 37.0. The van der Waals surface area contributed by atoms with E-state index in [0.29, 0.717) is 28.7 Å². The quantitative estimate of drug-likeness (QED) is 0.675. The zero-order valence-electron chi connectivity index (χ0n) is 15.5. The molecule has 2 aromatic rings. The molecule has 0 aliphatic carbocycles. The lowest BCUT2D eigenvalue weighted by molar-refractivity contribution is -0.127. The van der Waals surface area contributed by atoms with E-state index in [4.69, 9.17) is 8.94 Å². The Bertz CT molecular complexity index is 829. The van der Waals surface area contributed by atoms with Gasteiger partial charge < -0.3 is 23.9 Å². The molecule has 2 amide bonds. The molecule has 1 N–H and O–H groups in total. The molecule has 0 saturated carbocycles. The van der Waals surface area contributed by atoms with E-state index in [9.17, 15) is 14.4 Å². The first kappa shape index (κ1) is 20.6. The molecule has 0 saturated heterocycles. The van der Waals surface area contributed by atoms with Crippen molar-refractivity contribution >= 4 is 35.4 Å². The molecule has 0 radical (unpaired) electrons. The van der Waals surface area contributed by atoms with Gasteiger partial charge in [0, 0.05) is 13.1 Å². The first-order chi connectivity index (χ1) is 12.8. The van der Waals surface area contributed by atoms with Crippen molar-refractivity contribution in [1.82, 2.24) is 10.1 Å². The van der Waals surface area contributed by atoms with Crippen LogP contribution in [0, 0.1) is 13.8 Å². The molecule has 0 unspecified atom stereocenters. The van der Waals surface area contributed by atoms with E-state index in [1.807, 2.05) is 0 Å². The number of aryl methyl sites for hydroxylation is 2. The van der Waals surface area contributed by atoms with Gasteiger partial charge in [-0.2, -0.15) is 0 Å². The lowest BCUT2D eigenvalue weighted by Gasteiger charge is -2.15. The number of anilines is 1. The van der Waals surface area contributed by atoms with Gasteiger partial charge in [0.25, 0.3) is 0 Å². The van der Waals surface area contributed by atoms with Gasteiger partial charge in [0.05, 0.1) is 25.2 Å². The van der Waals surface area contributed by atoms with E-state index in [1.165, 1.54) is 23.8 Å². The number of amides is 2. The highest BCUT2D eigenvalue weighted by molar-refractivity contribution is 8.00. The number of aromatic nitrogens is 1. The van der Waals surface area contributed by atoms with Gasteiger partial charge in [0.1, 0.15) is 22.8 Å². The smallest absolute Gasteiger partial charge is 0.341 e. The predicted octanol–water partition coefficient (Wildman–Crippen LogP) is 2.00. The predicted molar refractivity (Wildman–Crippen MR) is 98.5 cm³/mol. The molecular formula is C17H21N3O6S. The SMILES string of the molecule is COC(=O)c1cc(CN(C)C(=O)CSCC(=O)Nc2cc(C)on2)oc1C. The summed E-state index contributed by atoms with van der Waals surface area (Å²) >= 11 is 1.18.